The van der Waals surface area contributed by atoms with E-state index >= 15 is 0 Å². The Bertz CT molecular complexity index is 880. The van der Waals surface area contributed by atoms with Crippen LogP contribution in [-0.4, -0.2) is 37.0 Å². The van der Waals surface area contributed by atoms with Gasteiger partial charge in [-0.1, -0.05) is 35.3 Å². The third kappa shape index (κ3) is 3.78. The van der Waals surface area contributed by atoms with Crippen molar-refractivity contribution in [3.05, 3.63) is 63.4 Å². The van der Waals surface area contributed by atoms with Crippen molar-refractivity contribution >= 4 is 34.8 Å². The van der Waals surface area contributed by atoms with Crippen molar-refractivity contribution in [1.82, 2.24) is 4.90 Å². The van der Waals surface area contributed by atoms with Crippen LogP contribution >= 0.6 is 23.2 Å². The van der Waals surface area contributed by atoms with Gasteiger partial charge >= 0.3 is 0 Å². The lowest BCUT2D eigenvalue weighted by Crippen LogP contribution is -2.49. The van der Waals surface area contributed by atoms with Crippen LogP contribution in [0.3, 0.4) is 0 Å². The first kappa shape index (κ1) is 18.6. The molecule has 2 fully saturated rings. The lowest BCUT2D eigenvalue weighted by molar-refractivity contribution is -0.132. The molecule has 0 spiro atoms. The lowest BCUT2D eigenvalue weighted by atomic mass is 10.1. The number of aryl methyl sites for hydroxylation is 1. The molecule has 1 amide bonds. The Balaban J connectivity index is 1.38. The van der Waals surface area contributed by atoms with Crippen LogP contribution in [0.25, 0.3) is 0 Å². The minimum absolute atomic E-state index is 0.0250. The maximum Gasteiger partial charge on any atom is 0.226 e. The van der Waals surface area contributed by atoms with Gasteiger partial charge in [0, 0.05) is 47.8 Å². The molecule has 1 aliphatic heterocycles. The molecule has 2 aromatic carbocycles. The molecule has 0 N–H and O–H groups in total. The summed E-state index contributed by atoms with van der Waals surface area (Å²) in [5, 5.41) is 1.10. The van der Waals surface area contributed by atoms with Crippen LogP contribution in [-0.2, 0) is 4.79 Å². The summed E-state index contributed by atoms with van der Waals surface area (Å²) < 4.78 is 14.1. The summed E-state index contributed by atoms with van der Waals surface area (Å²) in [6, 6.07) is 10.6. The molecule has 4 rings (SSSR count). The Hall–Kier alpha value is -1.78. The first-order valence-corrected chi connectivity index (χ1v) is 9.94. The molecule has 0 unspecified atom stereocenters. The Kier molecular flexibility index (Phi) is 5.04. The second kappa shape index (κ2) is 7.33. The van der Waals surface area contributed by atoms with Crippen molar-refractivity contribution in [3.63, 3.8) is 0 Å². The summed E-state index contributed by atoms with van der Waals surface area (Å²) in [7, 11) is 0. The van der Waals surface area contributed by atoms with Gasteiger partial charge in [0.25, 0.3) is 0 Å². The predicted octanol–water partition coefficient (Wildman–Crippen LogP) is 4.89. The third-order valence-corrected chi connectivity index (χ3v) is 6.04. The van der Waals surface area contributed by atoms with Crippen molar-refractivity contribution < 1.29 is 9.18 Å². The third-order valence-electron chi connectivity index (χ3n) is 5.57. The molecule has 2 aliphatic rings. The largest absolute Gasteiger partial charge is 0.368 e. The summed E-state index contributed by atoms with van der Waals surface area (Å²) in [5.74, 6) is -0.316. The van der Waals surface area contributed by atoms with E-state index in [0.29, 0.717) is 30.1 Å². The zero-order chi connectivity index (χ0) is 19.1. The standard InChI is InChI=1S/C21H21Cl2FN2O/c1-13-2-3-15(23)11-20(13)25-6-8-26(9-7-25)21(27)18-12-17(18)16-5-4-14(22)10-19(16)24/h2-5,10-11,17-18H,6-9,12H2,1H3/t17-,18-/m0/s1. The highest BCUT2D eigenvalue weighted by molar-refractivity contribution is 6.31. The first-order chi connectivity index (χ1) is 12.9. The van der Waals surface area contributed by atoms with Crippen LogP contribution in [0.4, 0.5) is 10.1 Å². The second-order valence-corrected chi connectivity index (χ2v) is 8.23. The summed E-state index contributed by atoms with van der Waals surface area (Å²) in [5.41, 5.74) is 2.91. The molecule has 0 bridgehead atoms. The number of benzene rings is 2. The minimum Gasteiger partial charge on any atom is -0.368 e. The van der Waals surface area contributed by atoms with E-state index in [-0.39, 0.29) is 23.6 Å². The molecule has 2 atom stereocenters. The molecule has 3 nitrogen and oxygen atoms in total. The Morgan fingerprint density at radius 2 is 1.70 bits per heavy atom. The quantitative estimate of drug-likeness (QED) is 0.723. The second-order valence-electron chi connectivity index (χ2n) is 7.36. The molecule has 0 radical (unpaired) electrons. The maximum atomic E-state index is 14.1. The molecule has 2 aromatic rings. The number of halogens is 3. The van der Waals surface area contributed by atoms with Crippen molar-refractivity contribution in [1.29, 1.82) is 0 Å². The van der Waals surface area contributed by atoms with Crippen LogP contribution in [0.5, 0.6) is 0 Å². The van der Waals surface area contributed by atoms with E-state index < -0.39 is 0 Å². The Morgan fingerprint density at radius 3 is 2.41 bits per heavy atom. The normalized spacial score (nSPS) is 22.1. The van der Waals surface area contributed by atoms with Crippen LogP contribution < -0.4 is 4.90 Å². The summed E-state index contributed by atoms with van der Waals surface area (Å²) in [4.78, 5) is 17.0. The number of amides is 1. The lowest BCUT2D eigenvalue weighted by Gasteiger charge is -2.37. The number of hydrogen-bond acceptors (Lipinski definition) is 2. The number of rotatable bonds is 3. The van der Waals surface area contributed by atoms with E-state index in [4.69, 9.17) is 23.2 Å². The molecular formula is C21H21Cl2FN2O. The van der Waals surface area contributed by atoms with Gasteiger partial charge < -0.3 is 9.80 Å². The summed E-state index contributed by atoms with van der Waals surface area (Å²) in [6.45, 7) is 4.98. The van der Waals surface area contributed by atoms with Crippen molar-refractivity contribution in [3.8, 4) is 0 Å². The van der Waals surface area contributed by atoms with Gasteiger partial charge in [0.1, 0.15) is 5.82 Å². The minimum atomic E-state index is -0.316. The fraction of sp³-hybridized carbons (Fsp3) is 0.381. The predicted molar refractivity (Wildman–Crippen MR) is 107 cm³/mol. The van der Waals surface area contributed by atoms with Crippen LogP contribution in [0.15, 0.2) is 36.4 Å². The Morgan fingerprint density at radius 1 is 1.04 bits per heavy atom. The highest BCUT2D eigenvalue weighted by Crippen LogP contribution is 2.49. The van der Waals surface area contributed by atoms with Crippen molar-refractivity contribution in [2.75, 3.05) is 31.1 Å². The van der Waals surface area contributed by atoms with E-state index in [1.807, 2.05) is 23.1 Å². The maximum absolute atomic E-state index is 14.1. The Labute approximate surface area is 168 Å². The van der Waals surface area contributed by atoms with Crippen LogP contribution in [0.2, 0.25) is 10.0 Å². The average molecular weight is 407 g/mol. The fourth-order valence-electron chi connectivity index (χ4n) is 3.94. The van der Waals surface area contributed by atoms with Crippen molar-refractivity contribution in [2.24, 2.45) is 5.92 Å². The van der Waals surface area contributed by atoms with Crippen LogP contribution in [0, 0.1) is 18.7 Å². The molecule has 6 heteroatoms. The number of carbonyl (C=O) groups excluding carboxylic acids is 1. The van der Waals surface area contributed by atoms with Gasteiger partial charge in [-0.15, -0.1) is 0 Å². The number of piperazine rings is 1. The molecule has 1 aliphatic carbocycles. The van der Waals surface area contributed by atoms with Gasteiger partial charge in [-0.2, -0.15) is 0 Å². The SMILES string of the molecule is Cc1ccc(Cl)cc1N1CCN(C(=O)[C@H]2C[C@H]2c2ccc(Cl)cc2F)CC1. The topological polar surface area (TPSA) is 23.6 Å². The molecule has 142 valence electrons. The number of nitrogens with zero attached hydrogens (tertiary/aromatic N) is 2. The van der Waals surface area contributed by atoms with E-state index in [1.165, 1.54) is 11.6 Å². The molecule has 27 heavy (non-hydrogen) atoms. The van der Waals surface area contributed by atoms with E-state index in [9.17, 15) is 9.18 Å². The molecular weight excluding hydrogens is 386 g/mol. The zero-order valence-electron chi connectivity index (χ0n) is 15.1. The van der Waals surface area contributed by atoms with Crippen LogP contribution in [0.1, 0.15) is 23.5 Å². The van der Waals surface area contributed by atoms with Gasteiger partial charge in [0.05, 0.1) is 0 Å². The summed E-state index contributed by atoms with van der Waals surface area (Å²) in [6.07, 6.45) is 0.713. The highest BCUT2D eigenvalue weighted by atomic mass is 35.5. The van der Waals surface area contributed by atoms with E-state index in [2.05, 4.69) is 11.8 Å². The van der Waals surface area contributed by atoms with E-state index in [1.54, 1.807) is 12.1 Å². The summed E-state index contributed by atoms with van der Waals surface area (Å²) >= 11 is 12.0. The van der Waals surface area contributed by atoms with Gasteiger partial charge in [0.2, 0.25) is 5.91 Å². The monoisotopic (exact) mass is 406 g/mol. The van der Waals surface area contributed by atoms with Gasteiger partial charge in [-0.25, -0.2) is 4.39 Å². The smallest absolute Gasteiger partial charge is 0.226 e. The number of hydrogen-bond donors (Lipinski definition) is 0. The molecule has 1 heterocycles. The fourth-order valence-corrected chi connectivity index (χ4v) is 4.26. The van der Waals surface area contributed by atoms with Gasteiger partial charge in [-0.3, -0.25) is 4.79 Å². The molecule has 0 aromatic heterocycles. The number of carbonyl (C=O) groups is 1. The van der Waals surface area contributed by atoms with Crippen molar-refractivity contribution in [2.45, 2.75) is 19.3 Å². The van der Waals surface area contributed by atoms with Gasteiger partial charge in [0.15, 0.2) is 0 Å². The molecule has 1 saturated carbocycles. The zero-order valence-corrected chi connectivity index (χ0v) is 16.6. The van der Waals surface area contributed by atoms with Gasteiger partial charge in [-0.05, 0) is 54.7 Å². The highest BCUT2D eigenvalue weighted by Gasteiger charge is 2.47. The average Bonchev–Trinajstić information content (AvgIpc) is 3.44. The first-order valence-electron chi connectivity index (χ1n) is 9.19. The molecule has 1 saturated heterocycles. The number of anilines is 1. The van der Waals surface area contributed by atoms with E-state index in [0.717, 1.165) is 23.8 Å².